The number of hydrogen-bond donors (Lipinski definition) is 1. The van der Waals surface area contributed by atoms with Gasteiger partial charge in [-0.15, -0.1) is 0 Å². The zero-order valence-corrected chi connectivity index (χ0v) is 13.7. The third-order valence-electron chi connectivity index (χ3n) is 4.52. The van der Waals surface area contributed by atoms with Crippen LogP contribution in [0.25, 0.3) is 0 Å². The van der Waals surface area contributed by atoms with Crippen molar-refractivity contribution in [2.24, 2.45) is 5.92 Å². The van der Waals surface area contributed by atoms with Crippen LogP contribution in [0.4, 0.5) is 0 Å². The van der Waals surface area contributed by atoms with Gasteiger partial charge in [0.25, 0.3) is 0 Å². The SMILES string of the molecule is CNCC[C@@]1(C)CCCc2ccc(OC(=O)C(C)C)cc21. The lowest BCUT2D eigenvalue weighted by Crippen LogP contribution is -2.31. The molecule has 0 saturated heterocycles. The van der Waals surface area contributed by atoms with Crippen LogP contribution in [-0.2, 0) is 16.6 Å². The Kier molecular flexibility index (Phi) is 5.04. The summed E-state index contributed by atoms with van der Waals surface area (Å²) in [5.41, 5.74) is 2.94. The van der Waals surface area contributed by atoms with E-state index in [0.717, 1.165) is 19.4 Å². The highest BCUT2D eigenvalue weighted by Crippen LogP contribution is 2.41. The van der Waals surface area contributed by atoms with E-state index in [1.54, 1.807) is 0 Å². The van der Waals surface area contributed by atoms with Crippen molar-refractivity contribution in [2.45, 2.75) is 51.9 Å². The zero-order valence-electron chi connectivity index (χ0n) is 13.7. The molecule has 21 heavy (non-hydrogen) atoms. The minimum Gasteiger partial charge on any atom is -0.426 e. The van der Waals surface area contributed by atoms with Gasteiger partial charge in [0.05, 0.1) is 5.92 Å². The van der Waals surface area contributed by atoms with Crippen LogP contribution >= 0.6 is 0 Å². The Morgan fingerprint density at radius 3 is 2.86 bits per heavy atom. The number of ether oxygens (including phenoxy) is 1. The van der Waals surface area contributed by atoms with Gasteiger partial charge in [-0.3, -0.25) is 4.79 Å². The van der Waals surface area contributed by atoms with Crippen LogP contribution in [0.1, 0.15) is 51.2 Å². The molecule has 0 bridgehead atoms. The first kappa shape index (κ1) is 16.0. The Labute approximate surface area is 128 Å². The molecule has 1 aromatic rings. The molecule has 0 aliphatic heterocycles. The molecule has 0 radical (unpaired) electrons. The molecule has 0 fully saturated rings. The van der Waals surface area contributed by atoms with Crippen molar-refractivity contribution in [2.75, 3.05) is 13.6 Å². The number of benzene rings is 1. The standard InChI is InChI=1S/C18H27NO2/c1-13(2)17(20)21-15-8-7-14-6-5-9-18(3,10-11-19-4)16(14)12-15/h7-8,12-13,19H,5-6,9-11H2,1-4H3/t18-/m1/s1. The Morgan fingerprint density at radius 1 is 1.43 bits per heavy atom. The molecule has 1 N–H and O–H groups in total. The average Bonchev–Trinajstić information content (AvgIpc) is 2.46. The van der Waals surface area contributed by atoms with Gasteiger partial charge in [-0.1, -0.05) is 26.8 Å². The number of carbonyl (C=O) groups is 1. The fourth-order valence-electron chi connectivity index (χ4n) is 3.10. The first-order chi connectivity index (χ1) is 9.96. The van der Waals surface area contributed by atoms with E-state index in [0.29, 0.717) is 5.75 Å². The topological polar surface area (TPSA) is 38.3 Å². The van der Waals surface area contributed by atoms with Crippen LogP contribution in [-0.4, -0.2) is 19.6 Å². The molecule has 0 amide bonds. The maximum Gasteiger partial charge on any atom is 0.313 e. The summed E-state index contributed by atoms with van der Waals surface area (Å²) < 4.78 is 5.49. The summed E-state index contributed by atoms with van der Waals surface area (Å²) in [6.07, 6.45) is 4.67. The quantitative estimate of drug-likeness (QED) is 0.666. The van der Waals surface area contributed by atoms with E-state index in [1.807, 2.05) is 27.0 Å². The van der Waals surface area contributed by atoms with Gasteiger partial charge in [0.15, 0.2) is 0 Å². The van der Waals surface area contributed by atoms with E-state index in [2.05, 4.69) is 24.4 Å². The molecule has 3 heteroatoms. The molecular formula is C18H27NO2. The second-order valence-corrected chi connectivity index (χ2v) is 6.66. The van der Waals surface area contributed by atoms with E-state index < -0.39 is 0 Å². The fourth-order valence-corrected chi connectivity index (χ4v) is 3.10. The van der Waals surface area contributed by atoms with Gasteiger partial charge in [0.2, 0.25) is 0 Å². The average molecular weight is 289 g/mol. The maximum absolute atomic E-state index is 11.8. The lowest BCUT2D eigenvalue weighted by atomic mass is 9.69. The van der Waals surface area contributed by atoms with Gasteiger partial charge < -0.3 is 10.1 Å². The van der Waals surface area contributed by atoms with Crippen molar-refractivity contribution >= 4 is 5.97 Å². The molecule has 1 aliphatic rings. The van der Waals surface area contributed by atoms with Gasteiger partial charge >= 0.3 is 5.97 Å². The van der Waals surface area contributed by atoms with Crippen molar-refractivity contribution in [1.82, 2.24) is 5.32 Å². The van der Waals surface area contributed by atoms with Crippen molar-refractivity contribution < 1.29 is 9.53 Å². The van der Waals surface area contributed by atoms with Gasteiger partial charge in [-0.05, 0) is 68.0 Å². The summed E-state index contributed by atoms with van der Waals surface area (Å²) >= 11 is 0. The fraction of sp³-hybridized carbons (Fsp3) is 0.611. The number of fused-ring (bicyclic) bond motifs is 1. The molecule has 1 aromatic carbocycles. The summed E-state index contributed by atoms with van der Waals surface area (Å²) in [4.78, 5) is 11.8. The first-order valence-corrected chi connectivity index (χ1v) is 7.96. The summed E-state index contributed by atoms with van der Waals surface area (Å²) in [6, 6.07) is 6.16. The highest BCUT2D eigenvalue weighted by molar-refractivity contribution is 5.74. The number of esters is 1. The maximum atomic E-state index is 11.8. The minimum atomic E-state index is -0.164. The van der Waals surface area contributed by atoms with Crippen molar-refractivity contribution in [3.05, 3.63) is 29.3 Å². The van der Waals surface area contributed by atoms with E-state index >= 15 is 0 Å². The van der Waals surface area contributed by atoms with Crippen LogP contribution in [0.15, 0.2) is 18.2 Å². The molecule has 0 unspecified atom stereocenters. The highest BCUT2D eigenvalue weighted by Gasteiger charge is 2.32. The summed E-state index contributed by atoms with van der Waals surface area (Å²) in [5, 5.41) is 3.25. The van der Waals surface area contributed by atoms with Gasteiger partial charge in [-0.2, -0.15) is 0 Å². The predicted molar refractivity (Wildman–Crippen MR) is 85.7 cm³/mol. The van der Waals surface area contributed by atoms with Crippen LogP contribution in [0.5, 0.6) is 5.75 Å². The molecule has 0 spiro atoms. The molecule has 1 atom stereocenters. The Hall–Kier alpha value is -1.35. The highest BCUT2D eigenvalue weighted by atomic mass is 16.5. The second kappa shape index (κ2) is 6.61. The molecule has 0 aromatic heterocycles. The number of hydrogen-bond acceptors (Lipinski definition) is 3. The van der Waals surface area contributed by atoms with E-state index in [-0.39, 0.29) is 17.3 Å². The van der Waals surface area contributed by atoms with E-state index in [9.17, 15) is 4.79 Å². The normalized spacial score (nSPS) is 21.2. The van der Waals surface area contributed by atoms with Crippen molar-refractivity contribution in [3.8, 4) is 5.75 Å². The summed E-state index contributed by atoms with van der Waals surface area (Å²) in [7, 11) is 1.99. The van der Waals surface area contributed by atoms with Gasteiger partial charge in [0.1, 0.15) is 5.75 Å². The third kappa shape index (κ3) is 3.65. The monoisotopic (exact) mass is 289 g/mol. The second-order valence-electron chi connectivity index (χ2n) is 6.66. The van der Waals surface area contributed by atoms with Crippen LogP contribution < -0.4 is 10.1 Å². The number of nitrogens with one attached hydrogen (secondary N) is 1. The number of carbonyl (C=O) groups excluding carboxylic acids is 1. The molecule has 116 valence electrons. The first-order valence-electron chi connectivity index (χ1n) is 7.96. The molecule has 3 nitrogen and oxygen atoms in total. The minimum absolute atomic E-state index is 0.100. The van der Waals surface area contributed by atoms with Crippen LogP contribution in [0.3, 0.4) is 0 Å². The number of aryl methyl sites for hydroxylation is 1. The van der Waals surface area contributed by atoms with Gasteiger partial charge in [-0.25, -0.2) is 0 Å². The lowest BCUT2D eigenvalue weighted by molar-refractivity contribution is -0.137. The lowest BCUT2D eigenvalue weighted by Gasteiger charge is -2.36. The van der Waals surface area contributed by atoms with Crippen molar-refractivity contribution in [3.63, 3.8) is 0 Å². The Bertz CT molecular complexity index is 510. The molecule has 2 rings (SSSR count). The molecule has 0 heterocycles. The van der Waals surface area contributed by atoms with Crippen LogP contribution in [0, 0.1) is 5.92 Å². The summed E-state index contributed by atoms with van der Waals surface area (Å²) in [5.74, 6) is 0.421. The molecular weight excluding hydrogens is 262 g/mol. The molecule has 0 saturated carbocycles. The zero-order chi connectivity index (χ0) is 15.5. The predicted octanol–water partition coefficient (Wildman–Crippen LogP) is 3.45. The smallest absolute Gasteiger partial charge is 0.313 e. The largest absolute Gasteiger partial charge is 0.426 e. The Morgan fingerprint density at radius 2 is 2.19 bits per heavy atom. The number of rotatable bonds is 5. The van der Waals surface area contributed by atoms with Crippen LogP contribution in [0.2, 0.25) is 0 Å². The molecule has 1 aliphatic carbocycles. The van der Waals surface area contributed by atoms with E-state index in [4.69, 9.17) is 4.74 Å². The Balaban J connectivity index is 2.27. The third-order valence-corrected chi connectivity index (χ3v) is 4.52. The van der Waals surface area contributed by atoms with Crippen molar-refractivity contribution in [1.29, 1.82) is 0 Å². The van der Waals surface area contributed by atoms with E-state index in [1.165, 1.54) is 24.0 Å². The van der Waals surface area contributed by atoms with Gasteiger partial charge in [0, 0.05) is 0 Å². The summed E-state index contributed by atoms with van der Waals surface area (Å²) in [6.45, 7) is 7.05.